The van der Waals surface area contributed by atoms with Gasteiger partial charge in [0.25, 0.3) is 0 Å². The van der Waals surface area contributed by atoms with Crippen LogP contribution in [0, 0.1) is 17.5 Å². The van der Waals surface area contributed by atoms with Crippen molar-refractivity contribution in [1.29, 1.82) is 0 Å². The van der Waals surface area contributed by atoms with Gasteiger partial charge in [0.1, 0.15) is 17.3 Å². The highest BCUT2D eigenvalue weighted by Crippen LogP contribution is 2.33. The summed E-state index contributed by atoms with van der Waals surface area (Å²) in [5.41, 5.74) is -1.31. The molecule has 1 aromatic heterocycles. The van der Waals surface area contributed by atoms with Gasteiger partial charge >= 0.3 is 6.16 Å². The minimum absolute atomic E-state index is 0.0288. The fourth-order valence-corrected chi connectivity index (χ4v) is 4.15. The Labute approximate surface area is 180 Å². The Bertz CT molecular complexity index is 1250. The average molecular weight is 447 g/mol. The topological polar surface area (TPSA) is 83.8 Å². The van der Waals surface area contributed by atoms with Crippen molar-refractivity contribution in [2.75, 3.05) is 18.0 Å². The van der Waals surface area contributed by atoms with Crippen LogP contribution in [0.25, 0.3) is 16.6 Å². The molecule has 2 N–H and O–H groups in total. The van der Waals surface area contributed by atoms with E-state index in [-0.39, 0.29) is 29.0 Å². The molecule has 0 saturated carbocycles. The van der Waals surface area contributed by atoms with Crippen LogP contribution in [0.1, 0.15) is 13.8 Å². The highest BCUT2D eigenvalue weighted by Gasteiger charge is 2.29. The molecule has 10 heteroatoms. The van der Waals surface area contributed by atoms with Gasteiger partial charge in [0, 0.05) is 30.9 Å². The molecular formula is C22H20F3N3O4. The molecule has 168 valence electrons. The fourth-order valence-electron chi connectivity index (χ4n) is 4.15. The lowest BCUT2D eigenvalue weighted by Crippen LogP contribution is -2.54. The van der Waals surface area contributed by atoms with Crippen LogP contribution in [0.4, 0.5) is 23.7 Å². The number of benzene rings is 2. The van der Waals surface area contributed by atoms with E-state index < -0.39 is 40.2 Å². The third-order valence-electron chi connectivity index (χ3n) is 5.30. The molecule has 2 aromatic carbocycles. The summed E-state index contributed by atoms with van der Waals surface area (Å²) < 4.78 is 50.1. The van der Waals surface area contributed by atoms with Crippen molar-refractivity contribution >= 4 is 22.7 Å². The smallest absolute Gasteiger partial charge is 0.449 e. The van der Waals surface area contributed by atoms with E-state index in [0.29, 0.717) is 13.1 Å². The maximum atomic E-state index is 15.9. The molecule has 0 aliphatic carbocycles. The number of halogens is 3. The molecule has 1 aliphatic rings. The lowest BCUT2D eigenvalue weighted by atomic mass is 10.1. The SMILES string of the molecule is CC1CN(c2c(F)cc3c(=O)c(OC(=O)O)cn(-c4ccc(F)cc4)c3c2F)CC(C)N1. The number of fused-ring (bicyclic) bond motifs is 1. The number of hydrogen-bond acceptors (Lipinski definition) is 5. The number of rotatable bonds is 3. The minimum Gasteiger partial charge on any atom is -0.449 e. The van der Waals surface area contributed by atoms with Crippen LogP contribution in [0.15, 0.2) is 41.3 Å². The number of nitrogens with one attached hydrogen (secondary N) is 1. The van der Waals surface area contributed by atoms with Gasteiger partial charge in [0.15, 0.2) is 11.6 Å². The summed E-state index contributed by atoms with van der Waals surface area (Å²) >= 11 is 0. The number of aromatic nitrogens is 1. The second-order valence-corrected chi connectivity index (χ2v) is 7.83. The van der Waals surface area contributed by atoms with Gasteiger partial charge in [0.2, 0.25) is 5.43 Å². The Balaban J connectivity index is 2.03. The molecule has 1 saturated heterocycles. The zero-order valence-corrected chi connectivity index (χ0v) is 17.2. The van der Waals surface area contributed by atoms with Gasteiger partial charge in [-0.2, -0.15) is 0 Å². The van der Waals surface area contributed by atoms with Crippen LogP contribution >= 0.6 is 0 Å². The van der Waals surface area contributed by atoms with Gasteiger partial charge in [-0.15, -0.1) is 0 Å². The van der Waals surface area contributed by atoms with Gasteiger partial charge in [-0.1, -0.05) is 0 Å². The Hall–Kier alpha value is -3.53. The van der Waals surface area contributed by atoms with E-state index in [1.54, 1.807) is 4.90 Å². The van der Waals surface area contributed by atoms with E-state index in [4.69, 9.17) is 5.11 Å². The maximum Gasteiger partial charge on any atom is 0.511 e. The standard InChI is InChI=1S/C22H20F3N3O4/c1-11-8-27(9-12(2)26-11)20-16(24)7-15-19(18(20)25)28(14-5-3-13(23)4-6-14)10-17(21(15)29)32-22(30)31/h3-7,10-12,26H,8-9H2,1-2H3,(H,30,31). The molecule has 0 spiro atoms. The Morgan fingerprint density at radius 3 is 2.34 bits per heavy atom. The fraction of sp³-hybridized carbons (Fsp3) is 0.273. The van der Waals surface area contributed by atoms with E-state index in [1.807, 2.05) is 13.8 Å². The zero-order valence-electron chi connectivity index (χ0n) is 17.2. The third-order valence-corrected chi connectivity index (χ3v) is 5.30. The molecule has 1 aliphatic heterocycles. The van der Waals surface area contributed by atoms with E-state index in [9.17, 15) is 14.0 Å². The molecule has 3 aromatic rings. The number of hydrogen-bond donors (Lipinski definition) is 2. The summed E-state index contributed by atoms with van der Waals surface area (Å²) in [6.45, 7) is 4.46. The number of piperazine rings is 1. The number of carboxylic acid groups (broad SMARTS) is 1. The Kier molecular flexibility index (Phi) is 5.55. The van der Waals surface area contributed by atoms with Crippen molar-refractivity contribution in [3.05, 3.63) is 64.2 Å². The lowest BCUT2D eigenvalue weighted by Gasteiger charge is -2.38. The van der Waals surface area contributed by atoms with Crippen molar-refractivity contribution in [1.82, 2.24) is 9.88 Å². The van der Waals surface area contributed by atoms with Crippen LogP contribution in [0.2, 0.25) is 0 Å². The first kappa shape index (κ1) is 21.7. The van der Waals surface area contributed by atoms with Crippen LogP contribution in [0.3, 0.4) is 0 Å². The van der Waals surface area contributed by atoms with Crippen molar-refractivity contribution in [3.8, 4) is 11.4 Å². The van der Waals surface area contributed by atoms with E-state index in [2.05, 4.69) is 10.1 Å². The van der Waals surface area contributed by atoms with Crippen molar-refractivity contribution in [2.45, 2.75) is 25.9 Å². The van der Waals surface area contributed by atoms with Crippen LogP contribution < -0.4 is 20.4 Å². The Morgan fingerprint density at radius 2 is 1.75 bits per heavy atom. The van der Waals surface area contributed by atoms with Crippen molar-refractivity contribution < 1.29 is 27.8 Å². The second-order valence-electron chi connectivity index (χ2n) is 7.83. The zero-order chi connectivity index (χ0) is 23.2. The Morgan fingerprint density at radius 1 is 1.12 bits per heavy atom. The normalized spacial score (nSPS) is 18.7. The molecule has 0 amide bonds. The van der Waals surface area contributed by atoms with Gasteiger partial charge in [-0.3, -0.25) is 4.79 Å². The molecule has 2 atom stereocenters. The van der Waals surface area contributed by atoms with E-state index >= 15 is 8.78 Å². The average Bonchev–Trinajstić information content (AvgIpc) is 2.70. The highest BCUT2D eigenvalue weighted by molar-refractivity contribution is 5.87. The van der Waals surface area contributed by atoms with Gasteiger partial charge < -0.3 is 24.6 Å². The third kappa shape index (κ3) is 3.89. The monoisotopic (exact) mass is 447 g/mol. The summed E-state index contributed by atoms with van der Waals surface area (Å²) in [7, 11) is 0. The van der Waals surface area contributed by atoms with Gasteiger partial charge in [-0.05, 0) is 44.2 Å². The number of ether oxygens (including phenoxy) is 1. The molecule has 2 heterocycles. The van der Waals surface area contributed by atoms with Crippen LogP contribution in [-0.4, -0.2) is 41.0 Å². The summed E-state index contributed by atoms with van der Waals surface area (Å²) in [6, 6.07) is 5.71. The summed E-state index contributed by atoms with van der Waals surface area (Å²) in [5, 5.41) is 11.8. The van der Waals surface area contributed by atoms with Crippen molar-refractivity contribution in [2.24, 2.45) is 0 Å². The largest absolute Gasteiger partial charge is 0.511 e. The van der Waals surface area contributed by atoms with Crippen LogP contribution in [0.5, 0.6) is 5.75 Å². The summed E-state index contributed by atoms with van der Waals surface area (Å²) in [6.07, 6.45) is -0.756. The molecule has 0 radical (unpaired) electrons. The van der Waals surface area contributed by atoms with Gasteiger partial charge in [-0.25, -0.2) is 18.0 Å². The number of pyridine rings is 1. The molecule has 2 unspecified atom stereocenters. The molecule has 4 rings (SSSR count). The molecule has 7 nitrogen and oxygen atoms in total. The first-order valence-electron chi connectivity index (χ1n) is 9.90. The number of carbonyl (C=O) groups is 1. The number of nitrogens with zero attached hydrogens (tertiary/aromatic N) is 2. The second kappa shape index (κ2) is 8.19. The maximum absolute atomic E-state index is 15.9. The number of anilines is 1. The van der Waals surface area contributed by atoms with Gasteiger partial charge in [0.05, 0.1) is 17.1 Å². The molecule has 32 heavy (non-hydrogen) atoms. The molecule has 0 bridgehead atoms. The predicted octanol–water partition coefficient (Wildman–Crippen LogP) is 3.65. The van der Waals surface area contributed by atoms with Crippen LogP contribution in [-0.2, 0) is 0 Å². The summed E-state index contributed by atoms with van der Waals surface area (Å²) in [5.74, 6) is -3.11. The first-order valence-corrected chi connectivity index (χ1v) is 9.90. The quantitative estimate of drug-likeness (QED) is 0.597. The van der Waals surface area contributed by atoms with Crippen molar-refractivity contribution in [3.63, 3.8) is 0 Å². The molecular weight excluding hydrogens is 427 g/mol. The van der Waals surface area contributed by atoms with E-state index in [0.717, 1.165) is 29.0 Å². The molecule has 1 fully saturated rings. The minimum atomic E-state index is -1.76. The summed E-state index contributed by atoms with van der Waals surface area (Å²) in [4.78, 5) is 25.4. The predicted molar refractivity (Wildman–Crippen MR) is 112 cm³/mol. The first-order chi connectivity index (χ1) is 15.2. The highest BCUT2D eigenvalue weighted by atomic mass is 19.1. The lowest BCUT2D eigenvalue weighted by molar-refractivity contribution is 0.144. The van der Waals surface area contributed by atoms with E-state index in [1.165, 1.54) is 12.1 Å².